The molecular weight excluding hydrogens is 331 g/mol. The van der Waals surface area contributed by atoms with Crippen LogP contribution < -0.4 is 9.47 Å². The lowest BCUT2D eigenvalue weighted by Crippen LogP contribution is -2.10. The number of fused-ring (bicyclic) bond motifs is 1. The highest BCUT2D eigenvalue weighted by Crippen LogP contribution is 2.44. The van der Waals surface area contributed by atoms with Crippen molar-refractivity contribution in [3.05, 3.63) is 59.9 Å². The van der Waals surface area contributed by atoms with Gasteiger partial charge in [0, 0.05) is 10.1 Å². The molecule has 0 spiro atoms. The van der Waals surface area contributed by atoms with Crippen molar-refractivity contribution in [3.63, 3.8) is 0 Å². The van der Waals surface area contributed by atoms with Crippen molar-refractivity contribution in [3.8, 4) is 10.8 Å². The van der Waals surface area contributed by atoms with Gasteiger partial charge in [0.1, 0.15) is 12.4 Å². The lowest BCUT2D eigenvalue weighted by Gasteiger charge is -2.08. The third kappa shape index (κ3) is 3.65. The molecular formula is C18H15FO4S. The van der Waals surface area contributed by atoms with Crippen LogP contribution in [0.5, 0.6) is 10.8 Å². The van der Waals surface area contributed by atoms with E-state index in [0.717, 1.165) is 15.6 Å². The fraction of sp³-hybridized carbons (Fsp3) is 0.167. The third-order valence-corrected chi connectivity index (χ3v) is 4.28. The number of ether oxygens (including phenoxy) is 3. The van der Waals surface area contributed by atoms with E-state index in [-0.39, 0.29) is 19.0 Å². The smallest absolute Gasteiger partial charge is 0.483 e. The van der Waals surface area contributed by atoms with Crippen LogP contribution in [0.25, 0.3) is 10.1 Å². The third-order valence-electron chi connectivity index (χ3n) is 3.25. The van der Waals surface area contributed by atoms with Crippen molar-refractivity contribution in [2.45, 2.75) is 13.5 Å². The maximum absolute atomic E-state index is 13.0. The Balaban J connectivity index is 1.86. The van der Waals surface area contributed by atoms with E-state index in [2.05, 4.69) is 0 Å². The van der Waals surface area contributed by atoms with E-state index in [1.807, 2.05) is 24.3 Å². The van der Waals surface area contributed by atoms with E-state index in [1.165, 1.54) is 23.5 Å². The number of rotatable bonds is 5. The van der Waals surface area contributed by atoms with Gasteiger partial charge in [-0.3, -0.25) is 0 Å². The number of hydrogen-bond donors (Lipinski definition) is 0. The Bertz CT molecular complexity index is 842. The molecule has 4 nitrogen and oxygen atoms in total. The van der Waals surface area contributed by atoms with Crippen LogP contribution in [0.2, 0.25) is 0 Å². The monoisotopic (exact) mass is 346 g/mol. The Morgan fingerprint density at radius 2 is 1.88 bits per heavy atom. The highest BCUT2D eigenvalue weighted by molar-refractivity contribution is 7.21. The molecule has 0 aliphatic rings. The quantitative estimate of drug-likeness (QED) is 0.599. The van der Waals surface area contributed by atoms with Gasteiger partial charge in [0.25, 0.3) is 0 Å². The number of carbonyl (C=O) groups excluding carboxylic acids is 1. The molecule has 3 aromatic rings. The predicted octanol–water partition coefficient (Wildman–Crippen LogP) is 5.15. The van der Waals surface area contributed by atoms with Gasteiger partial charge >= 0.3 is 6.16 Å². The molecule has 24 heavy (non-hydrogen) atoms. The van der Waals surface area contributed by atoms with Gasteiger partial charge in [-0.25, -0.2) is 9.18 Å². The van der Waals surface area contributed by atoms with E-state index >= 15 is 0 Å². The first kappa shape index (κ1) is 16.3. The molecule has 0 radical (unpaired) electrons. The van der Waals surface area contributed by atoms with Gasteiger partial charge in [-0.1, -0.05) is 35.6 Å². The van der Waals surface area contributed by atoms with Crippen LogP contribution in [0.15, 0.2) is 48.5 Å². The molecule has 1 aromatic heterocycles. The summed E-state index contributed by atoms with van der Waals surface area (Å²) in [7, 11) is 0. The fourth-order valence-electron chi connectivity index (χ4n) is 2.16. The molecule has 6 heteroatoms. The van der Waals surface area contributed by atoms with Crippen LogP contribution in [0, 0.1) is 5.82 Å². The second-order valence-electron chi connectivity index (χ2n) is 4.92. The minimum atomic E-state index is -0.768. The summed E-state index contributed by atoms with van der Waals surface area (Å²) in [5.41, 5.74) is 0.814. The van der Waals surface area contributed by atoms with Gasteiger partial charge in [0.2, 0.25) is 5.06 Å². The molecule has 1 heterocycles. The second-order valence-corrected chi connectivity index (χ2v) is 5.93. The van der Waals surface area contributed by atoms with Crippen molar-refractivity contribution >= 4 is 27.6 Å². The summed E-state index contributed by atoms with van der Waals surface area (Å²) in [4.78, 5) is 11.6. The predicted molar refractivity (Wildman–Crippen MR) is 90.2 cm³/mol. The summed E-state index contributed by atoms with van der Waals surface area (Å²) < 4.78 is 29.8. The Hall–Kier alpha value is -2.60. The Labute approximate surface area is 142 Å². The van der Waals surface area contributed by atoms with E-state index in [4.69, 9.17) is 14.2 Å². The van der Waals surface area contributed by atoms with Gasteiger partial charge < -0.3 is 14.2 Å². The van der Waals surface area contributed by atoms with E-state index in [1.54, 1.807) is 19.1 Å². The zero-order valence-corrected chi connectivity index (χ0v) is 13.8. The number of thiophene rings is 1. The van der Waals surface area contributed by atoms with Crippen molar-refractivity contribution in [1.82, 2.24) is 0 Å². The maximum Gasteiger partial charge on any atom is 0.514 e. The number of carbonyl (C=O) groups is 1. The van der Waals surface area contributed by atoms with Crippen molar-refractivity contribution in [2.75, 3.05) is 6.61 Å². The Morgan fingerprint density at radius 3 is 2.62 bits per heavy atom. The Kier molecular flexibility index (Phi) is 4.96. The second kappa shape index (κ2) is 7.31. The molecule has 0 unspecified atom stereocenters. The summed E-state index contributed by atoms with van der Waals surface area (Å²) in [6.07, 6.45) is -0.768. The van der Waals surface area contributed by atoms with Crippen molar-refractivity contribution < 1.29 is 23.4 Å². The van der Waals surface area contributed by atoms with E-state index in [9.17, 15) is 9.18 Å². The topological polar surface area (TPSA) is 44.8 Å². The van der Waals surface area contributed by atoms with Gasteiger partial charge in [0.05, 0.1) is 6.61 Å². The van der Waals surface area contributed by atoms with E-state index < -0.39 is 6.16 Å². The maximum atomic E-state index is 13.0. The zero-order valence-electron chi connectivity index (χ0n) is 13.0. The summed E-state index contributed by atoms with van der Waals surface area (Å²) in [5, 5.41) is 1.20. The number of halogens is 1. The minimum Gasteiger partial charge on any atom is -0.483 e. The molecule has 0 bridgehead atoms. The summed E-state index contributed by atoms with van der Waals surface area (Å²) in [5.74, 6) is 0.180. The van der Waals surface area contributed by atoms with Crippen LogP contribution in [0.1, 0.15) is 12.5 Å². The Morgan fingerprint density at radius 1 is 1.12 bits per heavy atom. The van der Waals surface area contributed by atoms with Crippen molar-refractivity contribution in [1.29, 1.82) is 0 Å². The highest BCUT2D eigenvalue weighted by atomic mass is 32.1. The lowest BCUT2D eigenvalue weighted by atomic mass is 10.2. The molecule has 0 aliphatic carbocycles. The van der Waals surface area contributed by atoms with E-state index in [0.29, 0.717) is 10.8 Å². The fourth-order valence-corrected chi connectivity index (χ4v) is 3.15. The molecule has 2 aromatic carbocycles. The normalized spacial score (nSPS) is 10.6. The molecule has 0 fully saturated rings. The average molecular weight is 346 g/mol. The van der Waals surface area contributed by atoms with Gasteiger partial charge in [0.15, 0.2) is 5.75 Å². The first-order valence-electron chi connectivity index (χ1n) is 7.40. The van der Waals surface area contributed by atoms with Gasteiger partial charge in [-0.15, -0.1) is 0 Å². The molecule has 0 amide bonds. The summed E-state index contributed by atoms with van der Waals surface area (Å²) in [6, 6.07) is 13.6. The van der Waals surface area contributed by atoms with Gasteiger partial charge in [-0.2, -0.15) is 0 Å². The van der Waals surface area contributed by atoms with Crippen LogP contribution in [-0.2, 0) is 11.3 Å². The van der Waals surface area contributed by atoms with Crippen LogP contribution in [-0.4, -0.2) is 12.8 Å². The largest absolute Gasteiger partial charge is 0.514 e. The molecule has 0 saturated heterocycles. The minimum absolute atomic E-state index is 0.232. The van der Waals surface area contributed by atoms with Crippen molar-refractivity contribution in [2.24, 2.45) is 0 Å². The zero-order chi connectivity index (χ0) is 16.9. The molecule has 0 N–H and O–H groups in total. The molecule has 0 atom stereocenters. The first-order valence-corrected chi connectivity index (χ1v) is 8.22. The average Bonchev–Trinajstić information content (AvgIpc) is 2.92. The lowest BCUT2D eigenvalue weighted by molar-refractivity contribution is 0.104. The summed E-state index contributed by atoms with van der Waals surface area (Å²) >= 11 is 1.31. The molecule has 0 aliphatic heterocycles. The molecule has 0 saturated carbocycles. The highest BCUT2D eigenvalue weighted by Gasteiger charge is 2.18. The SMILES string of the molecule is CCOC(=O)Oc1sc2ccccc2c1OCc1ccc(F)cc1. The van der Waals surface area contributed by atoms with Crippen LogP contribution in [0.4, 0.5) is 9.18 Å². The molecule has 124 valence electrons. The van der Waals surface area contributed by atoms with Crippen LogP contribution in [0.3, 0.4) is 0 Å². The summed E-state index contributed by atoms with van der Waals surface area (Å²) in [6.45, 7) is 2.17. The van der Waals surface area contributed by atoms with Crippen LogP contribution >= 0.6 is 11.3 Å². The number of benzene rings is 2. The number of hydrogen-bond acceptors (Lipinski definition) is 5. The first-order chi connectivity index (χ1) is 11.7. The standard InChI is InChI=1S/C18H15FO4S/c1-2-21-18(20)23-17-16(14-5-3-4-6-15(14)24-17)22-11-12-7-9-13(19)10-8-12/h3-10H,2,11H2,1H3. The van der Waals surface area contributed by atoms with Gasteiger partial charge in [-0.05, 0) is 36.8 Å². The molecule has 3 rings (SSSR count).